The van der Waals surface area contributed by atoms with Crippen molar-refractivity contribution < 1.29 is 24.8 Å². The van der Waals surface area contributed by atoms with E-state index in [4.69, 9.17) is 9.47 Å². The quantitative estimate of drug-likeness (QED) is 0.406. The molecule has 1 fully saturated rings. The lowest BCUT2D eigenvalue weighted by atomic mass is 9.99. The van der Waals surface area contributed by atoms with Gasteiger partial charge in [0.05, 0.1) is 18.4 Å². The van der Waals surface area contributed by atoms with Gasteiger partial charge in [-0.25, -0.2) is 4.68 Å². The minimum Gasteiger partial charge on any atom is -0.388 e. The monoisotopic (exact) mass is 344 g/mol. The molecule has 9 nitrogen and oxygen atoms in total. The van der Waals surface area contributed by atoms with E-state index in [9.17, 15) is 15.3 Å². The summed E-state index contributed by atoms with van der Waals surface area (Å²) in [4.78, 5) is 0. The normalized spacial score (nSPS) is 30.6. The predicted molar refractivity (Wildman–Crippen MR) is 85.2 cm³/mol. The third-order valence-corrected chi connectivity index (χ3v) is 4.16. The molecule has 0 radical (unpaired) electrons. The summed E-state index contributed by atoms with van der Waals surface area (Å²) in [6.07, 6.45) is -1.05. The van der Waals surface area contributed by atoms with Crippen molar-refractivity contribution in [2.45, 2.75) is 63.4 Å². The largest absolute Gasteiger partial charge is 0.388 e. The fraction of sp³-hybridized carbons (Fsp3) is 0.867. The first kappa shape index (κ1) is 19.2. The van der Waals surface area contributed by atoms with Gasteiger partial charge in [-0.3, -0.25) is 0 Å². The molecular weight excluding hydrogens is 316 g/mol. The summed E-state index contributed by atoms with van der Waals surface area (Å²) < 4.78 is 12.2. The number of nitrogens with one attached hydrogen (secondary N) is 1. The standard InChI is InChI=1S/C15H28N4O5/c1-3-6-16-7-4-5-10-8-17-18-19(10)9-11-12(20)13(21)14(22)15(23-2)24-11/h8,11-16,20-22H,3-7,9H2,1-2H3. The zero-order valence-electron chi connectivity index (χ0n) is 14.2. The van der Waals surface area contributed by atoms with Crippen LogP contribution in [-0.4, -0.2) is 81.2 Å². The van der Waals surface area contributed by atoms with Crippen LogP contribution in [0.1, 0.15) is 25.5 Å². The number of aliphatic hydroxyl groups excluding tert-OH is 3. The molecule has 4 N–H and O–H groups in total. The fourth-order valence-electron chi connectivity index (χ4n) is 2.76. The maximum atomic E-state index is 10.1. The zero-order valence-corrected chi connectivity index (χ0v) is 14.2. The first-order valence-electron chi connectivity index (χ1n) is 8.39. The fourth-order valence-corrected chi connectivity index (χ4v) is 2.76. The zero-order chi connectivity index (χ0) is 17.5. The molecule has 1 aromatic rings. The van der Waals surface area contributed by atoms with Gasteiger partial charge in [0.1, 0.15) is 24.4 Å². The predicted octanol–water partition coefficient (Wildman–Crippen LogP) is -1.34. The average molecular weight is 344 g/mol. The lowest BCUT2D eigenvalue weighted by Crippen LogP contribution is -2.59. The molecule has 2 heterocycles. The van der Waals surface area contributed by atoms with Crippen LogP contribution in [0.5, 0.6) is 0 Å². The Morgan fingerprint density at radius 2 is 2.04 bits per heavy atom. The molecule has 24 heavy (non-hydrogen) atoms. The van der Waals surface area contributed by atoms with Crippen LogP contribution < -0.4 is 5.32 Å². The van der Waals surface area contributed by atoms with Crippen LogP contribution in [0.15, 0.2) is 6.20 Å². The molecule has 0 aromatic carbocycles. The van der Waals surface area contributed by atoms with E-state index in [1.807, 2.05) is 0 Å². The number of rotatable bonds is 9. The topological polar surface area (TPSA) is 122 Å². The molecule has 5 unspecified atom stereocenters. The summed E-state index contributed by atoms with van der Waals surface area (Å²) >= 11 is 0. The smallest absolute Gasteiger partial charge is 0.186 e. The molecule has 1 saturated heterocycles. The van der Waals surface area contributed by atoms with Crippen LogP contribution in [0.25, 0.3) is 0 Å². The van der Waals surface area contributed by atoms with E-state index < -0.39 is 30.7 Å². The van der Waals surface area contributed by atoms with Crippen molar-refractivity contribution in [1.29, 1.82) is 0 Å². The van der Waals surface area contributed by atoms with E-state index in [-0.39, 0.29) is 6.54 Å². The summed E-state index contributed by atoms with van der Waals surface area (Å²) in [5.74, 6) is 0. The Kier molecular flexibility index (Phi) is 7.53. The lowest BCUT2D eigenvalue weighted by molar-refractivity contribution is -0.292. The van der Waals surface area contributed by atoms with Crippen molar-refractivity contribution in [3.05, 3.63) is 11.9 Å². The van der Waals surface area contributed by atoms with Gasteiger partial charge in [-0.2, -0.15) is 0 Å². The van der Waals surface area contributed by atoms with Gasteiger partial charge in [-0.05, 0) is 32.4 Å². The first-order valence-corrected chi connectivity index (χ1v) is 8.39. The number of hydrogen-bond acceptors (Lipinski definition) is 8. The first-order chi connectivity index (χ1) is 11.6. The van der Waals surface area contributed by atoms with E-state index in [0.29, 0.717) is 0 Å². The van der Waals surface area contributed by atoms with Crippen molar-refractivity contribution >= 4 is 0 Å². The molecule has 138 valence electrons. The summed E-state index contributed by atoms with van der Waals surface area (Å²) in [5.41, 5.74) is 0.929. The number of hydrogen-bond donors (Lipinski definition) is 4. The molecule has 0 aliphatic carbocycles. The number of aryl methyl sites for hydroxylation is 1. The maximum Gasteiger partial charge on any atom is 0.186 e. The van der Waals surface area contributed by atoms with Gasteiger partial charge >= 0.3 is 0 Å². The Morgan fingerprint density at radius 1 is 1.25 bits per heavy atom. The minimum absolute atomic E-state index is 0.225. The van der Waals surface area contributed by atoms with Crippen molar-refractivity contribution in [2.75, 3.05) is 20.2 Å². The van der Waals surface area contributed by atoms with Gasteiger partial charge < -0.3 is 30.1 Å². The Bertz CT molecular complexity index is 484. The average Bonchev–Trinajstić information content (AvgIpc) is 3.02. The Balaban J connectivity index is 1.92. The molecule has 9 heteroatoms. The number of aromatic nitrogens is 3. The van der Waals surface area contributed by atoms with Gasteiger partial charge in [0.15, 0.2) is 6.29 Å². The van der Waals surface area contributed by atoms with Crippen LogP contribution in [0, 0.1) is 0 Å². The van der Waals surface area contributed by atoms with Gasteiger partial charge in [-0.1, -0.05) is 12.1 Å². The molecule has 5 atom stereocenters. The summed E-state index contributed by atoms with van der Waals surface area (Å²) in [6.45, 7) is 4.26. The second kappa shape index (κ2) is 9.40. The van der Waals surface area contributed by atoms with Crippen molar-refractivity contribution in [3.63, 3.8) is 0 Å². The van der Waals surface area contributed by atoms with Crippen LogP contribution >= 0.6 is 0 Å². The van der Waals surface area contributed by atoms with E-state index in [1.165, 1.54) is 7.11 Å². The van der Waals surface area contributed by atoms with E-state index in [2.05, 4.69) is 22.6 Å². The van der Waals surface area contributed by atoms with Gasteiger partial charge in [0, 0.05) is 7.11 Å². The minimum atomic E-state index is -1.33. The Hall–Kier alpha value is -1.10. The number of methoxy groups -OCH3 is 1. The second-order valence-corrected chi connectivity index (χ2v) is 6.01. The summed E-state index contributed by atoms with van der Waals surface area (Å²) in [7, 11) is 1.37. The highest BCUT2D eigenvalue weighted by Crippen LogP contribution is 2.23. The molecular formula is C15H28N4O5. The molecule has 1 aromatic heterocycles. The molecule has 0 bridgehead atoms. The maximum absolute atomic E-state index is 10.1. The van der Waals surface area contributed by atoms with Crippen molar-refractivity contribution in [2.24, 2.45) is 0 Å². The van der Waals surface area contributed by atoms with Crippen LogP contribution in [-0.2, 0) is 22.4 Å². The second-order valence-electron chi connectivity index (χ2n) is 6.01. The SMILES string of the molecule is CCCNCCCc1cnnn1CC1OC(OC)C(O)C(O)C1O. The van der Waals surface area contributed by atoms with Gasteiger partial charge in [-0.15, -0.1) is 5.10 Å². The third-order valence-electron chi connectivity index (χ3n) is 4.16. The van der Waals surface area contributed by atoms with Crippen LogP contribution in [0.4, 0.5) is 0 Å². The van der Waals surface area contributed by atoms with Crippen LogP contribution in [0.3, 0.4) is 0 Å². The molecule has 0 saturated carbocycles. The highest BCUT2D eigenvalue weighted by molar-refractivity contribution is 4.96. The Morgan fingerprint density at radius 3 is 2.75 bits per heavy atom. The van der Waals surface area contributed by atoms with Gasteiger partial charge in [0.25, 0.3) is 0 Å². The Labute approximate surface area is 141 Å². The number of nitrogens with zero attached hydrogens (tertiary/aromatic N) is 3. The van der Waals surface area contributed by atoms with E-state index in [1.54, 1.807) is 10.9 Å². The summed E-state index contributed by atoms with van der Waals surface area (Å²) in [5, 5.41) is 41.1. The highest BCUT2D eigenvalue weighted by Gasteiger charge is 2.44. The van der Waals surface area contributed by atoms with E-state index >= 15 is 0 Å². The van der Waals surface area contributed by atoms with Gasteiger partial charge in [0.2, 0.25) is 0 Å². The van der Waals surface area contributed by atoms with E-state index in [0.717, 1.165) is 38.0 Å². The molecule has 2 rings (SSSR count). The van der Waals surface area contributed by atoms with Crippen molar-refractivity contribution in [3.8, 4) is 0 Å². The highest BCUT2D eigenvalue weighted by atomic mass is 16.7. The molecule has 1 aliphatic rings. The number of ether oxygens (including phenoxy) is 2. The lowest BCUT2D eigenvalue weighted by Gasteiger charge is -2.39. The summed E-state index contributed by atoms with van der Waals surface area (Å²) in [6, 6.07) is 0. The number of aliphatic hydroxyl groups is 3. The third kappa shape index (κ3) is 4.71. The van der Waals surface area contributed by atoms with Crippen molar-refractivity contribution in [1.82, 2.24) is 20.3 Å². The molecule has 0 spiro atoms. The van der Waals surface area contributed by atoms with Crippen LogP contribution in [0.2, 0.25) is 0 Å². The molecule has 0 amide bonds. The molecule has 1 aliphatic heterocycles.